The molecule has 4 rings (SSSR count). The maximum Gasteiger partial charge on any atom is 0.277 e. The molecule has 1 fully saturated rings. The van der Waals surface area contributed by atoms with Crippen molar-refractivity contribution >= 4 is 17.7 Å². The molecule has 1 aliphatic carbocycles. The summed E-state index contributed by atoms with van der Waals surface area (Å²) in [4.78, 5) is 14.8. The number of carbonyl (C=O) groups excluding carboxylic acids is 1. The van der Waals surface area contributed by atoms with Gasteiger partial charge in [-0.15, -0.1) is 10.2 Å². The first-order valence-electron chi connectivity index (χ1n) is 10.3. The van der Waals surface area contributed by atoms with E-state index in [2.05, 4.69) is 10.2 Å². The van der Waals surface area contributed by atoms with Gasteiger partial charge in [0.25, 0.3) is 11.1 Å². The van der Waals surface area contributed by atoms with Crippen LogP contribution in [0.3, 0.4) is 0 Å². The van der Waals surface area contributed by atoms with Crippen molar-refractivity contribution in [3.63, 3.8) is 0 Å². The van der Waals surface area contributed by atoms with Crippen LogP contribution in [0.1, 0.15) is 37.3 Å². The van der Waals surface area contributed by atoms with E-state index >= 15 is 0 Å². The number of nitrogens with zero attached hydrogens (tertiary/aromatic N) is 3. The number of methoxy groups -OCH3 is 1. The average molecular weight is 458 g/mol. The van der Waals surface area contributed by atoms with Crippen LogP contribution in [0.25, 0.3) is 0 Å². The Bertz CT molecular complexity index is 1040. The molecule has 0 saturated heterocycles. The first-order valence-corrected chi connectivity index (χ1v) is 11.3. The molecule has 2 aromatic carbocycles. The van der Waals surface area contributed by atoms with E-state index in [1.54, 1.807) is 14.0 Å². The Morgan fingerprint density at radius 2 is 1.84 bits per heavy atom. The lowest BCUT2D eigenvalue weighted by Gasteiger charge is -2.22. The van der Waals surface area contributed by atoms with Gasteiger partial charge in [-0.25, -0.2) is 4.39 Å². The molecule has 1 aromatic heterocycles. The van der Waals surface area contributed by atoms with Crippen molar-refractivity contribution in [1.82, 2.24) is 15.1 Å². The van der Waals surface area contributed by atoms with Crippen LogP contribution in [0.5, 0.6) is 11.5 Å². The Hall–Kier alpha value is -3.07. The number of amides is 1. The highest BCUT2D eigenvalue weighted by atomic mass is 32.2. The number of thioether (sulfide) groups is 1. The zero-order chi connectivity index (χ0) is 22.5. The van der Waals surface area contributed by atoms with Gasteiger partial charge in [-0.1, -0.05) is 23.9 Å². The summed E-state index contributed by atoms with van der Waals surface area (Å²) in [5, 5.41) is 8.33. The fourth-order valence-corrected chi connectivity index (χ4v) is 3.81. The Balaban J connectivity index is 1.31. The predicted octanol–water partition coefficient (Wildman–Crippen LogP) is 4.64. The molecule has 0 radical (unpaired) electrons. The van der Waals surface area contributed by atoms with Crippen molar-refractivity contribution in [2.45, 2.75) is 43.7 Å². The Morgan fingerprint density at radius 1 is 1.16 bits per heavy atom. The summed E-state index contributed by atoms with van der Waals surface area (Å²) in [6.07, 6.45) is 1.54. The number of rotatable bonds is 10. The Morgan fingerprint density at radius 3 is 2.50 bits per heavy atom. The molecule has 1 unspecified atom stereocenters. The fourth-order valence-electron chi connectivity index (χ4n) is 3.15. The third-order valence-electron chi connectivity index (χ3n) is 5.04. The van der Waals surface area contributed by atoms with Crippen molar-refractivity contribution in [1.29, 1.82) is 0 Å². The second-order valence-corrected chi connectivity index (χ2v) is 8.44. The van der Waals surface area contributed by atoms with Crippen molar-refractivity contribution < 1.29 is 23.1 Å². The van der Waals surface area contributed by atoms with Crippen LogP contribution in [0, 0.1) is 5.82 Å². The molecule has 32 heavy (non-hydrogen) atoms. The zero-order valence-electron chi connectivity index (χ0n) is 17.9. The number of aromatic nitrogens is 2. The third-order valence-corrected chi connectivity index (χ3v) is 5.84. The number of ether oxygens (including phenoxy) is 2. The van der Waals surface area contributed by atoms with Crippen LogP contribution in [-0.2, 0) is 11.3 Å². The predicted molar refractivity (Wildman–Crippen MR) is 117 cm³/mol. The van der Waals surface area contributed by atoms with Crippen LogP contribution in [0.4, 0.5) is 4.39 Å². The van der Waals surface area contributed by atoms with Crippen molar-refractivity contribution in [3.05, 3.63) is 65.8 Å². The minimum absolute atomic E-state index is 0.0312. The third kappa shape index (κ3) is 5.79. The monoisotopic (exact) mass is 457 g/mol. The largest absolute Gasteiger partial charge is 0.497 e. The maximum absolute atomic E-state index is 13.0. The highest BCUT2D eigenvalue weighted by molar-refractivity contribution is 7.99. The van der Waals surface area contributed by atoms with Crippen LogP contribution in [0.2, 0.25) is 0 Å². The van der Waals surface area contributed by atoms with Crippen LogP contribution < -0.4 is 9.47 Å². The minimum Gasteiger partial charge on any atom is -0.497 e. The topological polar surface area (TPSA) is 77.7 Å². The molecule has 0 spiro atoms. The lowest BCUT2D eigenvalue weighted by molar-refractivity contribution is -0.129. The molecule has 1 aliphatic rings. The van der Waals surface area contributed by atoms with Crippen LogP contribution in [-0.4, -0.2) is 39.9 Å². The minimum atomic E-state index is -0.504. The summed E-state index contributed by atoms with van der Waals surface area (Å²) in [5.74, 6) is 1.49. The molecule has 1 heterocycles. The van der Waals surface area contributed by atoms with Gasteiger partial charge >= 0.3 is 0 Å². The highest BCUT2D eigenvalue weighted by Gasteiger charge is 2.32. The van der Waals surface area contributed by atoms with E-state index in [4.69, 9.17) is 13.9 Å². The number of halogens is 1. The summed E-state index contributed by atoms with van der Waals surface area (Å²) in [6, 6.07) is 13.7. The van der Waals surface area contributed by atoms with E-state index in [-0.39, 0.29) is 23.5 Å². The van der Waals surface area contributed by atoms with Gasteiger partial charge in [0.15, 0.2) is 6.10 Å². The van der Waals surface area contributed by atoms with E-state index in [9.17, 15) is 9.18 Å². The lowest BCUT2D eigenvalue weighted by atomic mass is 10.2. The van der Waals surface area contributed by atoms with E-state index in [1.807, 2.05) is 29.2 Å². The van der Waals surface area contributed by atoms with Gasteiger partial charge in [0, 0.05) is 12.6 Å². The molecule has 0 aliphatic heterocycles. The first-order chi connectivity index (χ1) is 15.5. The number of hydrogen-bond acceptors (Lipinski definition) is 7. The van der Waals surface area contributed by atoms with Gasteiger partial charge in [0.05, 0.1) is 12.9 Å². The molecule has 7 nitrogen and oxygen atoms in total. The highest BCUT2D eigenvalue weighted by Crippen LogP contribution is 2.30. The Kier molecular flexibility index (Phi) is 6.94. The number of hydrogen-bond donors (Lipinski definition) is 0. The molecular formula is C23H24FN3O4S. The summed E-state index contributed by atoms with van der Waals surface area (Å²) in [5.41, 5.74) is 1.06. The van der Waals surface area contributed by atoms with Gasteiger partial charge in [-0.2, -0.15) is 0 Å². The normalized spacial score (nSPS) is 14.1. The lowest BCUT2D eigenvalue weighted by Crippen LogP contribution is -2.33. The molecule has 1 saturated carbocycles. The van der Waals surface area contributed by atoms with E-state index in [0.717, 1.165) is 24.2 Å². The van der Waals surface area contributed by atoms with Gasteiger partial charge < -0.3 is 18.8 Å². The quantitative estimate of drug-likeness (QED) is 0.411. The fraction of sp³-hybridized carbons (Fsp3) is 0.348. The van der Waals surface area contributed by atoms with Crippen LogP contribution >= 0.6 is 11.8 Å². The van der Waals surface area contributed by atoms with Gasteiger partial charge in [0.2, 0.25) is 5.91 Å². The molecular weight excluding hydrogens is 433 g/mol. The molecule has 0 bridgehead atoms. The zero-order valence-corrected chi connectivity index (χ0v) is 18.7. The molecule has 0 N–H and O–H groups in total. The molecule has 168 valence electrons. The summed E-state index contributed by atoms with van der Waals surface area (Å²) < 4.78 is 29.6. The van der Waals surface area contributed by atoms with Crippen LogP contribution in [0.15, 0.2) is 58.2 Å². The van der Waals surface area contributed by atoms with Gasteiger partial charge in [-0.3, -0.25) is 4.79 Å². The second-order valence-electron chi connectivity index (χ2n) is 7.51. The molecule has 1 atom stereocenters. The Labute approximate surface area is 189 Å². The van der Waals surface area contributed by atoms with Crippen molar-refractivity contribution in [2.75, 3.05) is 12.9 Å². The summed E-state index contributed by atoms with van der Waals surface area (Å²) >= 11 is 1.21. The SMILES string of the molecule is COc1ccc(CN(C(=O)CSc2nnc(C(C)Oc3ccc(F)cc3)o2)C2CC2)cc1. The molecule has 3 aromatic rings. The smallest absolute Gasteiger partial charge is 0.277 e. The van der Waals surface area contributed by atoms with Gasteiger partial charge in [0.1, 0.15) is 17.3 Å². The summed E-state index contributed by atoms with van der Waals surface area (Å²) in [6.45, 7) is 2.33. The molecule has 9 heteroatoms. The molecule has 1 amide bonds. The van der Waals surface area contributed by atoms with E-state index in [1.165, 1.54) is 36.0 Å². The number of carbonyl (C=O) groups is 1. The van der Waals surface area contributed by atoms with E-state index in [0.29, 0.717) is 23.4 Å². The van der Waals surface area contributed by atoms with Crippen molar-refractivity contribution in [3.8, 4) is 11.5 Å². The second kappa shape index (κ2) is 10.0. The van der Waals surface area contributed by atoms with Crippen molar-refractivity contribution in [2.24, 2.45) is 0 Å². The first kappa shape index (κ1) is 22.1. The van der Waals surface area contributed by atoms with Gasteiger partial charge in [-0.05, 0) is 61.7 Å². The van der Waals surface area contributed by atoms with E-state index < -0.39 is 6.10 Å². The standard InChI is InChI=1S/C23H24FN3O4S/c1-15(30-20-11-5-17(24)6-12-20)22-25-26-23(31-22)32-14-21(28)27(18-7-8-18)13-16-3-9-19(29-2)10-4-16/h3-6,9-12,15,18H,7-8,13-14H2,1-2H3. The average Bonchev–Trinajstić information content (AvgIpc) is 3.54. The maximum atomic E-state index is 13.0. The summed E-state index contributed by atoms with van der Waals surface area (Å²) in [7, 11) is 1.63. The number of benzene rings is 2.